The molecule has 0 atom stereocenters. The topological polar surface area (TPSA) is 80.7 Å². The summed E-state index contributed by atoms with van der Waals surface area (Å²) in [4.78, 5) is 14.6. The number of aromatic nitrogens is 1. The minimum Gasteiger partial charge on any atom is -0.490 e. The highest BCUT2D eigenvalue weighted by molar-refractivity contribution is 6.29. The van der Waals surface area contributed by atoms with Crippen LogP contribution in [-0.2, 0) is 5.41 Å². The van der Waals surface area contributed by atoms with Gasteiger partial charge < -0.3 is 19.9 Å². The van der Waals surface area contributed by atoms with Crippen molar-refractivity contribution in [2.45, 2.75) is 44.2 Å². The molecule has 1 saturated carbocycles. The number of hydrogen-bond acceptors (Lipinski definition) is 4. The lowest BCUT2D eigenvalue weighted by Gasteiger charge is -2.35. The number of ether oxygens (including phenoxy) is 2. The van der Waals surface area contributed by atoms with Gasteiger partial charge in [-0.05, 0) is 41.5 Å². The van der Waals surface area contributed by atoms with E-state index >= 15 is 0 Å². The molecule has 0 aliphatic heterocycles. The van der Waals surface area contributed by atoms with Crippen molar-refractivity contribution in [3.63, 3.8) is 0 Å². The van der Waals surface area contributed by atoms with Crippen molar-refractivity contribution in [3.8, 4) is 17.2 Å². The Kier molecular flexibility index (Phi) is 6.24. The Balaban J connectivity index is 1.38. The molecule has 1 aliphatic carbocycles. The van der Waals surface area contributed by atoms with Gasteiger partial charge in [0.25, 0.3) is 0 Å². The van der Waals surface area contributed by atoms with E-state index in [2.05, 4.69) is 48.4 Å². The van der Waals surface area contributed by atoms with E-state index in [-0.39, 0.29) is 17.6 Å². The van der Waals surface area contributed by atoms with E-state index < -0.39 is 6.09 Å². The third kappa shape index (κ3) is 5.14. The molecule has 1 heterocycles. The number of nitrogens with zero attached hydrogens (tertiary/aromatic N) is 1. The average molecular weight is 453 g/mol. The Morgan fingerprint density at radius 3 is 2.16 bits per heavy atom. The second kappa shape index (κ2) is 9.09. The summed E-state index contributed by atoms with van der Waals surface area (Å²) in [5.41, 5.74) is 2.12. The Morgan fingerprint density at radius 2 is 1.59 bits per heavy atom. The Labute approximate surface area is 192 Å². The summed E-state index contributed by atoms with van der Waals surface area (Å²) >= 11 is 5.91. The molecule has 3 aromatic rings. The van der Waals surface area contributed by atoms with Gasteiger partial charge in [0, 0.05) is 36.6 Å². The Morgan fingerprint density at radius 1 is 1.00 bits per heavy atom. The lowest BCUT2D eigenvalue weighted by molar-refractivity contribution is 0.0833. The molecule has 1 fully saturated rings. The summed E-state index contributed by atoms with van der Waals surface area (Å²) in [6.45, 7) is 4.35. The molecule has 32 heavy (non-hydrogen) atoms. The predicted octanol–water partition coefficient (Wildman–Crippen LogP) is 6.03. The molecule has 2 N–H and O–H groups in total. The zero-order chi connectivity index (χ0) is 22.7. The van der Waals surface area contributed by atoms with Gasteiger partial charge in [0.2, 0.25) is 0 Å². The number of amides is 1. The largest absolute Gasteiger partial charge is 0.490 e. The van der Waals surface area contributed by atoms with E-state index in [9.17, 15) is 4.79 Å². The second-order valence-electron chi connectivity index (χ2n) is 8.45. The molecule has 6 nitrogen and oxygen atoms in total. The summed E-state index contributed by atoms with van der Waals surface area (Å²) in [7, 11) is 0. The molecule has 1 aromatic heterocycles. The van der Waals surface area contributed by atoms with Crippen LogP contribution in [0.3, 0.4) is 0 Å². The molecule has 0 radical (unpaired) electrons. The normalized spacial score (nSPS) is 17.8. The maximum absolute atomic E-state index is 10.7. The molecule has 1 amide bonds. The lowest BCUT2D eigenvalue weighted by atomic mass is 9.78. The number of carbonyl (C=O) groups is 1. The van der Waals surface area contributed by atoms with Gasteiger partial charge in [0.15, 0.2) is 0 Å². The summed E-state index contributed by atoms with van der Waals surface area (Å²) in [5.74, 6) is 2.17. The minimum atomic E-state index is -0.985. The number of halogens is 1. The molecular formula is C25H25ClN2O4. The smallest absolute Gasteiger partial charge is 0.404 e. The van der Waals surface area contributed by atoms with Crippen LogP contribution in [0.4, 0.5) is 4.79 Å². The van der Waals surface area contributed by atoms with Crippen molar-refractivity contribution < 1.29 is 19.4 Å². The second-order valence-corrected chi connectivity index (χ2v) is 8.84. The molecule has 2 aromatic carbocycles. The Bertz CT molecular complexity index is 1080. The number of pyridine rings is 1. The molecule has 166 valence electrons. The van der Waals surface area contributed by atoms with E-state index in [1.807, 2.05) is 24.3 Å². The van der Waals surface area contributed by atoms with Gasteiger partial charge in [0.05, 0.1) is 0 Å². The first-order valence-electron chi connectivity index (χ1n) is 10.5. The SMILES string of the molecule is CC(C)(c1ccc(Oc2ccnc(Cl)c2)cc1)c1ccc(O[C@H]2C[C@H](NC(=O)O)C2)cc1. The molecule has 0 bridgehead atoms. The van der Waals surface area contributed by atoms with Crippen molar-refractivity contribution >= 4 is 17.7 Å². The fraction of sp³-hybridized carbons (Fsp3) is 0.280. The highest BCUT2D eigenvalue weighted by Gasteiger charge is 2.32. The van der Waals surface area contributed by atoms with E-state index in [0.29, 0.717) is 23.7 Å². The van der Waals surface area contributed by atoms with Crippen molar-refractivity contribution in [3.05, 3.63) is 83.1 Å². The maximum Gasteiger partial charge on any atom is 0.404 e. The number of hydrogen-bond donors (Lipinski definition) is 2. The van der Waals surface area contributed by atoms with Crippen LogP contribution in [0.15, 0.2) is 66.9 Å². The average Bonchev–Trinajstić information content (AvgIpc) is 2.73. The van der Waals surface area contributed by atoms with Crippen LogP contribution in [0.2, 0.25) is 5.15 Å². The van der Waals surface area contributed by atoms with Crippen LogP contribution in [-0.4, -0.2) is 28.3 Å². The van der Waals surface area contributed by atoms with Gasteiger partial charge in [-0.3, -0.25) is 0 Å². The van der Waals surface area contributed by atoms with Gasteiger partial charge in [-0.1, -0.05) is 49.7 Å². The zero-order valence-electron chi connectivity index (χ0n) is 17.9. The maximum atomic E-state index is 10.7. The zero-order valence-corrected chi connectivity index (χ0v) is 18.7. The van der Waals surface area contributed by atoms with Crippen molar-refractivity contribution in [2.75, 3.05) is 0 Å². The van der Waals surface area contributed by atoms with Crippen LogP contribution in [0.5, 0.6) is 17.2 Å². The molecule has 4 rings (SSSR count). The molecule has 7 heteroatoms. The highest BCUT2D eigenvalue weighted by atomic mass is 35.5. The quantitative estimate of drug-likeness (QED) is 0.428. The van der Waals surface area contributed by atoms with Crippen molar-refractivity contribution in [2.24, 2.45) is 0 Å². The van der Waals surface area contributed by atoms with E-state index in [4.69, 9.17) is 26.2 Å². The third-order valence-electron chi connectivity index (χ3n) is 5.81. The van der Waals surface area contributed by atoms with Gasteiger partial charge in [-0.15, -0.1) is 0 Å². The monoisotopic (exact) mass is 452 g/mol. The van der Waals surface area contributed by atoms with Crippen LogP contribution < -0.4 is 14.8 Å². The molecule has 1 aliphatic rings. The molecular weight excluding hydrogens is 428 g/mol. The van der Waals surface area contributed by atoms with Gasteiger partial charge in [-0.25, -0.2) is 9.78 Å². The number of rotatable bonds is 7. The van der Waals surface area contributed by atoms with Crippen molar-refractivity contribution in [1.82, 2.24) is 10.3 Å². The van der Waals surface area contributed by atoms with Crippen LogP contribution in [0.1, 0.15) is 37.8 Å². The lowest BCUT2D eigenvalue weighted by Crippen LogP contribution is -2.48. The van der Waals surface area contributed by atoms with Gasteiger partial charge >= 0.3 is 6.09 Å². The summed E-state index contributed by atoms with van der Waals surface area (Å²) in [6, 6.07) is 19.5. The minimum absolute atomic E-state index is 0.0156. The van der Waals surface area contributed by atoms with E-state index in [0.717, 1.165) is 17.1 Å². The van der Waals surface area contributed by atoms with Crippen LogP contribution in [0.25, 0.3) is 0 Å². The predicted molar refractivity (Wildman–Crippen MR) is 123 cm³/mol. The third-order valence-corrected chi connectivity index (χ3v) is 6.02. The highest BCUT2D eigenvalue weighted by Crippen LogP contribution is 2.35. The molecule has 0 unspecified atom stereocenters. The summed E-state index contributed by atoms with van der Waals surface area (Å²) in [5, 5.41) is 11.6. The van der Waals surface area contributed by atoms with Crippen LogP contribution in [0, 0.1) is 0 Å². The Hall–Kier alpha value is -3.25. The van der Waals surface area contributed by atoms with Gasteiger partial charge in [-0.2, -0.15) is 0 Å². The first-order chi connectivity index (χ1) is 15.3. The first kappa shape index (κ1) is 22.0. The number of carboxylic acid groups (broad SMARTS) is 1. The summed E-state index contributed by atoms with van der Waals surface area (Å²) < 4.78 is 11.8. The number of benzene rings is 2. The molecule has 0 saturated heterocycles. The van der Waals surface area contributed by atoms with Gasteiger partial charge in [0.1, 0.15) is 28.5 Å². The number of nitrogens with one attached hydrogen (secondary N) is 1. The summed E-state index contributed by atoms with van der Waals surface area (Å²) in [6.07, 6.45) is 2.06. The molecule has 0 spiro atoms. The van der Waals surface area contributed by atoms with Crippen molar-refractivity contribution in [1.29, 1.82) is 0 Å². The van der Waals surface area contributed by atoms with Crippen LogP contribution >= 0.6 is 11.6 Å². The van der Waals surface area contributed by atoms with E-state index in [1.54, 1.807) is 18.3 Å². The van der Waals surface area contributed by atoms with E-state index in [1.165, 1.54) is 5.56 Å². The first-order valence-corrected chi connectivity index (χ1v) is 10.8. The fourth-order valence-electron chi connectivity index (χ4n) is 3.79. The standard InChI is InChI=1S/C25H25ClN2O4/c1-25(2,16-3-7-19(8-4-16)31-21-11-12-27-23(26)15-21)17-5-9-20(10-6-17)32-22-13-18(14-22)28-24(29)30/h3-12,15,18,22,28H,13-14H2,1-2H3,(H,29,30)/t18-,22-. The fourth-order valence-corrected chi connectivity index (χ4v) is 3.95.